The molecule has 4 rings (SSSR count). The topological polar surface area (TPSA) is 50.2 Å². The number of carbonyl (C=O) groups is 1. The molecule has 0 radical (unpaired) electrons. The summed E-state index contributed by atoms with van der Waals surface area (Å²) in [5.74, 6) is -4.80. The lowest BCUT2D eigenvalue weighted by Gasteiger charge is -2.28. The first-order valence-corrected chi connectivity index (χ1v) is 9.49. The van der Waals surface area contributed by atoms with Crippen molar-refractivity contribution in [2.75, 3.05) is 11.9 Å². The van der Waals surface area contributed by atoms with E-state index < -0.39 is 47.8 Å². The van der Waals surface area contributed by atoms with Gasteiger partial charge >= 0.3 is 12.2 Å². The molecule has 2 aromatic rings. The lowest BCUT2D eigenvalue weighted by atomic mass is 10.00. The normalized spacial score (nSPS) is 20.6. The molecule has 31 heavy (non-hydrogen) atoms. The van der Waals surface area contributed by atoms with Gasteiger partial charge in [0.1, 0.15) is 17.7 Å². The quantitative estimate of drug-likeness (QED) is 0.632. The minimum atomic E-state index is -4.94. The molecule has 5 nitrogen and oxygen atoms in total. The van der Waals surface area contributed by atoms with Crippen molar-refractivity contribution in [2.24, 2.45) is 0 Å². The molecule has 0 spiro atoms. The predicted octanol–water partition coefficient (Wildman–Crippen LogP) is 4.85. The number of nitrogens with one attached hydrogen (secondary N) is 1. The molecule has 0 bridgehead atoms. The molecule has 0 saturated carbocycles. The van der Waals surface area contributed by atoms with Crippen LogP contribution in [-0.4, -0.2) is 33.4 Å². The van der Waals surface area contributed by atoms with Gasteiger partial charge in [-0.1, -0.05) is 0 Å². The second-order valence-corrected chi connectivity index (χ2v) is 7.59. The van der Waals surface area contributed by atoms with Crippen molar-refractivity contribution in [3.05, 3.63) is 46.5 Å². The van der Waals surface area contributed by atoms with Gasteiger partial charge in [0.05, 0.1) is 24.3 Å². The Morgan fingerprint density at radius 1 is 1.26 bits per heavy atom. The van der Waals surface area contributed by atoms with E-state index in [4.69, 9.17) is 0 Å². The van der Waals surface area contributed by atoms with Crippen LogP contribution in [0.1, 0.15) is 35.4 Å². The van der Waals surface area contributed by atoms with Gasteiger partial charge in [0, 0.05) is 30.6 Å². The van der Waals surface area contributed by atoms with Gasteiger partial charge in [-0.3, -0.25) is 4.68 Å². The zero-order valence-corrected chi connectivity index (χ0v) is 15.9. The lowest BCUT2D eigenvalue weighted by molar-refractivity contribution is -0.139. The van der Waals surface area contributed by atoms with Crippen LogP contribution in [0.2, 0.25) is 0 Å². The first kappa shape index (κ1) is 21.4. The van der Waals surface area contributed by atoms with Gasteiger partial charge in [-0.2, -0.15) is 27.1 Å². The molecule has 168 valence electrons. The van der Waals surface area contributed by atoms with Gasteiger partial charge < -0.3 is 10.2 Å². The van der Waals surface area contributed by atoms with Crippen molar-refractivity contribution in [1.29, 1.82) is 0 Å². The monoisotopic (exact) mass is 450 g/mol. The summed E-state index contributed by atoms with van der Waals surface area (Å²) in [5.41, 5.74) is -1.79. The summed E-state index contributed by atoms with van der Waals surface area (Å²) in [4.78, 5) is 13.7. The highest BCUT2D eigenvalue weighted by atomic mass is 19.4. The van der Waals surface area contributed by atoms with Crippen LogP contribution in [-0.2, 0) is 31.6 Å². The predicted molar refractivity (Wildman–Crippen MR) is 94.8 cm³/mol. The maximum atomic E-state index is 14.6. The van der Waals surface area contributed by atoms with Crippen molar-refractivity contribution in [3.8, 4) is 0 Å². The van der Waals surface area contributed by atoms with Crippen molar-refractivity contribution in [3.63, 3.8) is 0 Å². The number of rotatable bonds is 1. The van der Waals surface area contributed by atoms with E-state index >= 15 is 0 Å². The van der Waals surface area contributed by atoms with Gasteiger partial charge in [0.15, 0.2) is 0 Å². The summed E-state index contributed by atoms with van der Waals surface area (Å²) < 4.78 is 96.1. The van der Waals surface area contributed by atoms with Gasteiger partial charge in [0.25, 0.3) is 5.92 Å². The molecule has 1 atom stereocenters. The molecule has 2 amide bonds. The number of halogens is 7. The lowest BCUT2D eigenvalue weighted by Crippen LogP contribution is -2.39. The average Bonchev–Trinajstić information content (AvgIpc) is 2.99. The number of urea groups is 1. The Labute approximate surface area is 171 Å². The fourth-order valence-corrected chi connectivity index (χ4v) is 3.90. The van der Waals surface area contributed by atoms with E-state index in [1.165, 1.54) is 0 Å². The molecule has 1 aromatic carbocycles. The maximum absolute atomic E-state index is 14.6. The van der Waals surface area contributed by atoms with Crippen LogP contribution in [0.3, 0.4) is 0 Å². The number of alkyl halides is 6. The summed E-state index contributed by atoms with van der Waals surface area (Å²) in [6.07, 6.45) is -7.28. The molecular weight excluding hydrogens is 433 g/mol. The van der Waals surface area contributed by atoms with E-state index in [-0.39, 0.29) is 43.7 Å². The second-order valence-electron chi connectivity index (χ2n) is 7.59. The molecule has 1 aromatic heterocycles. The smallest absolute Gasteiger partial charge is 0.320 e. The molecular formula is C19H17F7N4O. The first-order chi connectivity index (χ1) is 14.5. The van der Waals surface area contributed by atoms with Crippen LogP contribution < -0.4 is 5.32 Å². The van der Waals surface area contributed by atoms with Crippen molar-refractivity contribution in [2.45, 2.75) is 50.6 Å². The van der Waals surface area contributed by atoms with Gasteiger partial charge in [-0.05, 0) is 24.6 Å². The number of aromatic nitrogens is 2. The number of nitrogens with zero attached hydrogens (tertiary/aromatic N) is 3. The highest BCUT2D eigenvalue weighted by Gasteiger charge is 2.44. The highest BCUT2D eigenvalue weighted by molar-refractivity contribution is 5.89. The van der Waals surface area contributed by atoms with Crippen LogP contribution in [0.4, 0.5) is 41.2 Å². The number of amides is 2. The number of benzene rings is 1. The summed E-state index contributed by atoms with van der Waals surface area (Å²) in [5, 5.41) is 6.34. The Hall–Kier alpha value is -2.79. The average molecular weight is 450 g/mol. The van der Waals surface area contributed by atoms with Crippen LogP contribution in [0.5, 0.6) is 0 Å². The van der Waals surface area contributed by atoms with E-state index in [9.17, 15) is 35.5 Å². The van der Waals surface area contributed by atoms with Crippen molar-refractivity contribution in [1.82, 2.24) is 14.7 Å². The zero-order valence-electron chi connectivity index (χ0n) is 15.9. The summed E-state index contributed by atoms with van der Waals surface area (Å²) in [7, 11) is 0. The summed E-state index contributed by atoms with van der Waals surface area (Å²) in [6, 6.07) is 1.19. The maximum Gasteiger partial charge on any atom is 0.419 e. The minimum absolute atomic E-state index is 0.0766. The summed E-state index contributed by atoms with van der Waals surface area (Å²) >= 11 is 0. The molecule has 0 saturated heterocycles. The van der Waals surface area contributed by atoms with Crippen LogP contribution in [0.15, 0.2) is 18.2 Å². The zero-order chi connectivity index (χ0) is 22.6. The standard InChI is InChI=1S/C19H17F7N4O/c20-10-3-5-18(22,23)16-12-9-29(6-4-15(12)28-30(16)8-10)17(31)27-11-1-2-14(21)13(7-11)19(24,25)26/h1-2,7,10H,3-6,8-9H2,(H,27,31)/t10-/m0/s1. The Kier molecular flexibility index (Phi) is 5.13. The third kappa shape index (κ3) is 4.07. The number of hydrogen-bond acceptors (Lipinski definition) is 2. The second kappa shape index (κ2) is 7.41. The third-order valence-electron chi connectivity index (χ3n) is 5.40. The number of hydrogen-bond donors (Lipinski definition) is 1. The van der Waals surface area contributed by atoms with E-state index in [1.54, 1.807) is 0 Å². The first-order valence-electron chi connectivity index (χ1n) is 9.49. The van der Waals surface area contributed by atoms with Gasteiger partial charge in [-0.25, -0.2) is 13.6 Å². The van der Waals surface area contributed by atoms with E-state index in [0.717, 1.165) is 15.6 Å². The molecule has 0 unspecified atom stereocenters. The van der Waals surface area contributed by atoms with Crippen LogP contribution in [0.25, 0.3) is 0 Å². The molecule has 0 aliphatic carbocycles. The number of anilines is 1. The summed E-state index contributed by atoms with van der Waals surface area (Å²) in [6.45, 7) is -0.483. The molecule has 2 aliphatic rings. The molecule has 1 N–H and O–H groups in total. The third-order valence-corrected chi connectivity index (χ3v) is 5.40. The Balaban J connectivity index is 1.57. The van der Waals surface area contributed by atoms with Crippen LogP contribution >= 0.6 is 0 Å². The number of carbonyl (C=O) groups excluding carboxylic acids is 1. The SMILES string of the molecule is O=C(Nc1ccc(F)c(C(F)(F)F)c1)N1CCc2nn3c(c2C1)C(F)(F)CC[C@H](F)C3. The van der Waals surface area contributed by atoms with Crippen molar-refractivity contribution < 1.29 is 35.5 Å². The molecule has 0 fully saturated rings. The van der Waals surface area contributed by atoms with Gasteiger partial charge in [-0.15, -0.1) is 0 Å². The van der Waals surface area contributed by atoms with Crippen LogP contribution in [0, 0.1) is 5.82 Å². The number of fused-ring (bicyclic) bond motifs is 3. The van der Waals surface area contributed by atoms with Crippen molar-refractivity contribution >= 4 is 11.7 Å². The Morgan fingerprint density at radius 3 is 2.71 bits per heavy atom. The minimum Gasteiger partial charge on any atom is -0.320 e. The largest absolute Gasteiger partial charge is 0.419 e. The Bertz CT molecular complexity index is 1020. The highest BCUT2D eigenvalue weighted by Crippen LogP contribution is 2.41. The van der Waals surface area contributed by atoms with E-state index in [2.05, 4.69) is 10.4 Å². The molecule has 3 heterocycles. The molecule has 2 aliphatic heterocycles. The van der Waals surface area contributed by atoms with E-state index in [0.29, 0.717) is 17.8 Å². The Morgan fingerprint density at radius 2 is 2.00 bits per heavy atom. The fraction of sp³-hybridized carbons (Fsp3) is 0.474. The van der Waals surface area contributed by atoms with E-state index in [1.807, 2.05) is 0 Å². The van der Waals surface area contributed by atoms with Gasteiger partial charge in [0.2, 0.25) is 0 Å². The fourth-order valence-electron chi connectivity index (χ4n) is 3.90. The molecule has 12 heteroatoms.